The summed E-state index contributed by atoms with van der Waals surface area (Å²) >= 11 is 0. The first kappa shape index (κ1) is 17.9. The summed E-state index contributed by atoms with van der Waals surface area (Å²) in [6.07, 6.45) is 1.22. The van der Waals surface area contributed by atoms with Crippen LogP contribution < -0.4 is 9.47 Å². The fraction of sp³-hybridized carbons (Fsp3) is 0.409. The summed E-state index contributed by atoms with van der Waals surface area (Å²) in [6.45, 7) is 3.74. The highest BCUT2D eigenvalue weighted by molar-refractivity contribution is 5.77. The summed E-state index contributed by atoms with van der Waals surface area (Å²) in [5.41, 5.74) is 2.31. The number of hydrogen-bond donors (Lipinski definition) is 0. The summed E-state index contributed by atoms with van der Waals surface area (Å²) in [5.74, 6) is 1.79. The molecule has 0 radical (unpaired) electrons. The van der Waals surface area contributed by atoms with E-state index in [-0.39, 0.29) is 11.9 Å². The van der Waals surface area contributed by atoms with Crippen LogP contribution in [0.25, 0.3) is 0 Å². The van der Waals surface area contributed by atoms with Crippen molar-refractivity contribution in [1.82, 2.24) is 9.80 Å². The quantitative estimate of drug-likeness (QED) is 0.834. The second-order valence-electron chi connectivity index (χ2n) is 7.25. The zero-order valence-corrected chi connectivity index (χ0v) is 15.8. The third-order valence-corrected chi connectivity index (χ3v) is 5.32. The van der Waals surface area contributed by atoms with Crippen molar-refractivity contribution in [3.8, 4) is 11.5 Å². The Kier molecular flexibility index (Phi) is 5.30. The first-order valence-corrected chi connectivity index (χ1v) is 9.62. The van der Waals surface area contributed by atoms with E-state index < -0.39 is 0 Å². The third kappa shape index (κ3) is 4.08. The lowest BCUT2D eigenvalue weighted by atomic mass is 10.0. The molecule has 2 aliphatic rings. The van der Waals surface area contributed by atoms with Gasteiger partial charge < -0.3 is 19.3 Å². The number of hydrogen-bond acceptors (Lipinski definition) is 4. The molecule has 0 aliphatic carbocycles. The van der Waals surface area contributed by atoms with Crippen LogP contribution >= 0.6 is 0 Å². The van der Waals surface area contributed by atoms with Crippen LogP contribution in [-0.2, 0) is 11.2 Å². The van der Waals surface area contributed by atoms with Gasteiger partial charge in [-0.1, -0.05) is 36.4 Å². The zero-order chi connectivity index (χ0) is 18.6. The number of rotatable bonds is 4. The smallest absolute Gasteiger partial charge is 0.223 e. The molecule has 2 heterocycles. The molecule has 142 valence electrons. The van der Waals surface area contributed by atoms with E-state index in [4.69, 9.17) is 9.47 Å². The van der Waals surface area contributed by atoms with Gasteiger partial charge >= 0.3 is 0 Å². The van der Waals surface area contributed by atoms with Crippen LogP contribution in [0.2, 0.25) is 0 Å². The predicted molar refractivity (Wildman–Crippen MR) is 104 cm³/mol. The van der Waals surface area contributed by atoms with Crippen molar-refractivity contribution >= 4 is 5.91 Å². The van der Waals surface area contributed by atoms with E-state index in [1.807, 2.05) is 41.3 Å². The summed E-state index contributed by atoms with van der Waals surface area (Å²) in [5, 5.41) is 0. The van der Waals surface area contributed by atoms with E-state index >= 15 is 0 Å². The minimum absolute atomic E-state index is 0.123. The number of carbonyl (C=O) groups excluding carboxylic acids is 1. The maximum Gasteiger partial charge on any atom is 0.223 e. The summed E-state index contributed by atoms with van der Waals surface area (Å²) < 4.78 is 11.2. The minimum Gasteiger partial charge on any atom is -0.486 e. The summed E-state index contributed by atoms with van der Waals surface area (Å²) in [4.78, 5) is 17.3. The van der Waals surface area contributed by atoms with Crippen molar-refractivity contribution in [2.24, 2.45) is 0 Å². The Bertz CT molecular complexity index is 793. The topological polar surface area (TPSA) is 42.0 Å². The number of nitrogens with zero attached hydrogens (tertiary/aromatic N) is 2. The van der Waals surface area contributed by atoms with Crippen LogP contribution in [0.4, 0.5) is 0 Å². The molecular formula is C22H26N2O3. The van der Waals surface area contributed by atoms with E-state index in [1.165, 1.54) is 5.56 Å². The first-order chi connectivity index (χ1) is 13.2. The van der Waals surface area contributed by atoms with Crippen molar-refractivity contribution in [2.75, 3.05) is 39.9 Å². The lowest BCUT2D eigenvalue weighted by Crippen LogP contribution is -2.49. The third-order valence-electron chi connectivity index (χ3n) is 5.32. The van der Waals surface area contributed by atoms with Gasteiger partial charge in [0.2, 0.25) is 5.91 Å². The number of benzene rings is 2. The summed E-state index contributed by atoms with van der Waals surface area (Å²) in [7, 11) is 2.12. The van der Waals surface area contributed by atoms with Gasteiger partial charge in [0, 0.05) is 26.1 Å². The Morgan fingerprint density at radius 2 is 1.81 bits per heavy atom. The number of fused-ring (bicyclic) bond motifs is 1. The molecule has 0 bridgehead atoms. The molecule has 27 heavy (non-hydrogen) atoms. The van der Waals surface area contributed by atoms with E-state index in [0.717, 1.165) is 36.7 Å². The van der Waals surface area contributed by atoms with E-state index in [0.29, 0.717) is 26.1 Å². The molecule has 2 aromatic carbocycles. The summed E-state index contributed by atoms with van der Waals surface area (Å²) in [6, 6.07) is 16.4. The van der Waals surface area contributed by atoms with Crippen LogP contribution in [0, 0.1) is 0 Å². The van der Waals surface area contributed by atoms with Crippen molar-refractivity contribution in [3.05, 3.63) is 59.7 Å². The Labute approximate surface area is 160 Å². The Morgan fingerprint density at radius 3 is 2.63 bits per heavy atom. The molecule has 5 heteroatoms. The molecule has 5 nitrogen and oxygen atoms in total. The Balaban J connectivity index is 1.43. The van der Waals surface area contributed by atoms with Crippen molar-refractivity contribution in [1.29, 1.82) is 0 Å². The lowest BCUT2D eigenvalue weighted by molar-refractivity contribution is -0.136. The molecular weight excluding hydrogens is 340 g/mol. The van der Waals surface area contributed by atoms with Crippen LogP contribution in [-0.4, -0.2) is 55.6 Å². The molecule has 0 N–H and O–H groups in total. The minimum atomic E-state index is 0.123. The number of carbonyl (C=O) groups is 1. The molecule has 1 saturated heterocycles. The maximum absolute atomic E-state index is 13.0. The monoisotopic (exact) mass is 366 g/mol. The molecule has 4 rings (SSSR count). The van der Waals surface area contributed by atoms with Crippen molar-refractivity contribution < 1.29 is 14.3 Å². The highest BCUT2D eigenvalue weighted by Crippen LogP contribution is 2.31. The number of aryl methyl sites for hydroxylation is 1. The molecule has 2 aliphatic heterocycles. The molecule has 0 spiro atoms. The fourth-order valence-corrected chi connectivity index (χ4v) is 3.82. The largest absolute Gasteiger partial charge is 0.486 e. The second kappa shape index (κ2) is 8.01. The number of piperazine rings is 1. The van der Waals surface area contributed by atoms with Gasteiger partial charge in [0.25, 0.3) is 0 Å². The van der Waals surface area contributed by atoms with Crippen molar-refractivity contribution in [2.45, 2.75) is 18.9 Å². The number of amides is 1. The van der Waals surface area contributed by atoms with Gasteiger partial charge in [0.05, 0.1) is 6.04 Å². The van der Waals surface area contributed by atoms with Gasteiger partial charge in [0.1, 0.15) is 13.2 Å². The second-order valence-corrected chi connectivity index (χ2v) is 7.25. The van der Waals surface area contributed by atoms with Gasteiger partial charge in [-0.3, -0.25) is 4.79 Å². The highest BCUT2D eigenvalue weighted by atomic mass is 16.6. The fourth-order valence-electron chi connectivity index (χ4n) is 3.82. The van der Waals surface area contributed by atoms with Crippen LogP contribution in [0.1, 0.15) is 23.6 Å². The number of likely N-dealkylation sites (N-methyl/N-ethyl adjacent to an activating group) is 1. The van der Waals surface area contributed by atoms with E-state index in [9.17, 15) is 4.79 Å². The SMILES string of the molecule is CN1CCN(C(=O)CCc2ccc3c(c2)OCCO3)[C@@H](c2ccccc2)C1. The Hall–Kier alpha value is -2.53. The Morgan fingerprint density at radius 1 is 1.04 bits per heavy atom. The zero-order valence-electron chi connectivity index (χ0n) is 15.8. The predicted octanol–water partition coefficient (Wildman–Crippen LogP) is 2.91. The maximum atomic E-state index is 13.0. The van der Waals surface area contributed by atoms with Crippen LogP contribution in [0.5, 0.6) is 11.5 Å². The lowest BCUT2D eigenvalue weighted by Gasteiger charge is -2.40. The molecule has 1 atom stereocenters. The normalized spacial score (nSPS) is 19.7. The number of ether oxygens (including phenoxy) is 2. The van der Waals surface area contributed by atoms with Gasteiger partial charge in [-0.2, -0.15) is 0 Å². The molecule has 1 fully saturated rings. The molecule has 0 saturated carbocycles. The average Bonchev–Trinajstić information content (AvgIpc) is 2.72. The average molecular weight is 366 g/mol. The molecule has 1 amide bonds. The van der Waals surface area contributed by atoms with Gasteiger partial charge in [-0.05, 0) is 36.7 Å². The van der Waals surface area contributed by atoms with E-state index in [1.54, 1.807) is 0 Å². The molecule has 0 unspecified atom stereocenters. The van der Waals surface area contributed by atoms with Gasteiger partial charge in [-0.25, -0.2) is 0 Å². The molecule has 0 aromatic heterocycles. The highest BCUT2D eigenvalue weighted by Gasteiger charge is 2.29. The standard InChI is InChI=1S/C22H26N2O3/c1-23-11-12-24(19(16-23)18-5-3-2-4-6-18)22(25)10-8-17-7-9-20-21(15-17)27-14-13-26-20/h2-7,9,15,19H,8,10-14,16H2,1H3/t19-/m1/s1. The van der Waals surface area contributed by atoms with E-state index in [2.05, 4.69) is 24.1 Å². The van der Waals surface area contributed by atoms with Gasteiger partial charge in [0.15, 0.2) is 11.5 Å². The van der Waals surface area contributed by atoms with Crippen LogP contribution in [0.3, 0.4) is 0 Å². The first-order valence-electron chi connectivity index (χ1n) is 9.62. The van der Waals surface area contributed by atoms with Gasteiger partial charge in [-0.15, -0.1) is 0 Å². The van der Waals surface area contributed by atoms with Crippen LogP contribution in [0.15, 0.2) is 48.5 Å². The van der Waals surface area contributed by atoms with Crippen molar-refractivity contribution in [3.63, 3.8) is 0 Å². The molecule has 2 aromatic rings.